The second-order valence-corrected chi connectivity index (χ2v) is 5.88. The summed E-state index contributed by atoms with van der Waals surface area (Å²) in [5.74, 6) is -0.232. The third kappa shape index (κ3) is 3.46. The van der Waals surface area contributed by atoms with Gasteiger partial charge in [-0.2, -0.15) is 0 Å². The van der Waals surface area contributed by atoms with Gasteiger partial charge in [0, 0.05) is 33.1 Å². The van der Waals surface area contributed by atoms with Crippen LogP contribution >= 0.6 is 0 Å². The van der Waals surface area contributed by atoms with E-state index in [9.17, 15) is 9.59 Å². The maximum Gasteiger partial charge on any atom is 0.275 e. The number of primary amides is 1. The third-order valence-electron chi connectivity index (χ3n) is 4.17. The van der Waals surface area contributed by atoms with E-state index in [-0.39, 0.29) is 18.1 Å². The number of amides is 2. The highest BCUT2D eigenvalue weighted by Crippen LogP contribution is 2.16. The van der Waals surface area contributed by atoms with E-state index in [4.69, 9.17) is 10.2 Å². The van der Waals surface area contributed by atoms with Crippen molar-refractivity contribution < 1.29 is 14.0 Å². The summed E-state index contributed by atoms with van der Waals surface area (Å²) < 4.78 is 5.09. The Morgan fingerprint density at radius 2 is 2.04 bits per heavy atom. The molecular formula is C17H20N4O3. The molecule has 2 aromatic rings. The molecule has 1 aliphatic heterocycles. The van der Waals surface area contributed by atoms with Crippen LogP contribution in [0, 0.1) is 6.92 Å². The lowest BCUT2D eigenvalue weighted by Crippen LogP contribution is -2.58. The number of hydrogen-bond acceptors (Lipinski definition) is 5. The molecule has 7 heteroatoms. The van der Waals surface area contributed by atoms with Crippen molar-refractivity contribution in [3.05, 3.63) is 53.7 Å². The van der Waals surface area contributed by atoms with Crippen LogP contribution in [0.5, 0.6) is 0 Å². The molecule has 2 N–H and O–H groups in total. The molecule has 0 aliphatic carbocycles. The Bertz CT molecular complexity index is 728. The average molecular weight is 328 g/mol. The molecule has 0 bridgehead atoms. The first kappa shape index (κ1) is 16.2. The molecule has 0 spiro atoms. The number of piperazine rings is 1. The Morgan fingerprint density at radius 1 is 1.29 bits per heavy atom. The Hall–Kier alpha value is -2.67. The topological polar surface area (TPSA) is 92.7 Å². The third-order valence-corrected chi connectivity index (χ3v) is 4.17. The van der Waals surface area contributed by atoms with Crippen LogP contribution in [0.25, 0.3) is 0 Å². The molecule has 0 saturated carbocycles. The molecule has 2 amide bonds. The predicted octanol–water partition coefficient (Wildman–Crippen LogP) is 0.795. The van der Waals surface area contributed by atoms with Gasteiger partial charge in [0.1, 0.15) is 12.3 Å². The van der Waals surface area contributed by atoms with Gasteiger partial charge >= 0.3 is 0 Å². The van der Waals surface area contributed by atoms with Crippen molar-refractivity contribution in [1.29, 1.82) is 0 Å². The van der Waals surface area contributed by atoms with Crippen LogP contribution in [-0.2, 0) is 11.3 Å². The van der Waals surface area contributed by atoms with Gasteiger partial charge in [-0.25, -0.2) is 4.98 Å². The first-order chi connectivity index (χ1) is 11.5. The lowest BCUT2D eigenvalue weighted by Gasteiger charge is -2.39. The predicted molar refractivity (Wildman–Crippen MR) is 87.0 cm³/mol. The van der Waals surface area contributed by atoms with Crippen LogP contribution in [-0.4, -0.2) is 52.3 Å². The van der Waals surface area contributed by atoms with Gasteiger partial charge in [-0.1, -0.05) is 30.3 Å². The normalized spacial score (nSPS) is 18.5. The van der Waals surface area contributed by atoms with Gasteiger partial charge in [-0.15, -0.1) is 0 Å². The minimum atomic E-state index is -0.518. The number of carbonyl (C=O) groups is 2. The second-order valence-electron chi connectivity index (χ2n) is 5.88. The molecule has 0 radical (unpaired) electrons. The monoisotopic (exact) mass is 328 g/mol. The van der Waals surface area contributed by atoms with E-state index in [0.717, 1.165) is 5.56 Å². The minimum Gasteiger partial charge on any atom is -0.448 e. The maximum absolute atomic E-state index is 12.5. The minimum absolute atomic E-state index is 0.238. The lowest BCUT2D eigenvalue weighted by atomic mass is 10.1. The fourth-order valence-corrected chi connectivity index (χ4v) is 2.91. The molecule has 1 aromatic heterocycles. The van der Waals surface area contributed by atoms with E-state index in [0.29, 0.717) is 25.5 Å². The molecule has 1 atom stereocenters. The highest BCUT2D eigenvalue weighted by atomic mass is 16.3. The Morgan fingerprint density at radius 3 is 2.67 bits per heavy atom. The Balaban J connectivity index is 1.71. The number of rotatable bonds is 4. The number of nitrogens with two attached hydrogens (primary N) is 1. The van der Waals surface area contributed by atoms with Gasteiger partial charge < -0.3 is 15.1 Å². The SMILES string of the molecule is Cc1nc(C(=O)N2CCN(Cc3ccccc3)[C@H](C(N)=O)C2)co1. The summed E-state index contributed by atoms with van der Waals surface area (Å²) in [6, 6.07) is 9.37. The van der Waals surface area contributed by atoms with Crippen molar-refractivity contribution in [3.63, 3.8) is 0 Å². The van der Waals surface area contributed by atoms with Gasteiger partial charge in [0.2, 0.25) is 5.91 Å². The van der Waals surface area contributed by atoms with Crippen molar-refractivity contribution >= 4 is 11.8 Å². The van der Waals surface area contributed by atoms with E-state index in [1.54, 1.807) is 11.8 Å². The maximum atomic E-state index is 12.5. The smallest absolute Gasteiger partial charge is 0.275 e. The van der Waals surface area contributed by atoms with Gasteiger partial charge in [-0.3, -0.25) is 14.5 Å². The standard InChI is InChI=1S/C17H20N4O3/c1-12-19-14(11-24-12)17(23)21-8-7-20(15(10-21)16(18)22)9-13-5-3-2-4-6-13/h2-6,11,15H,7-10H2,1H3,(H2,18,22)/t15-/m0/s1. The molecular weight excluding hydrogens is 308 g/mol. The van der Waals surface area contributed by atoms with E-state index < -0.39 is 11.9 Å². The Kier molecular flexibility index (Phi) is 4.61. The highest BCUT2D eigenvalue weighted by molar-refractivity contribution is 5.92. The van der Waals surface area contributed by atoms with Gasteiger partial charge in [0.05, 0.1) is 0 Å². The number of benzene rings is 1. The number of aryl methyl sites for hydroxylation is 1. The van der Waals surface area contributed by atoms with Crippen LogP contribution in [0.2, 0.25) is 0 Å². The lowest BCUT2D eigenvalue weighted by molar-refractivity contribution is -0.125. The molecule has 24 heavy (non-hydrogen) atoms. The fourth-order valence-electron chi connectivity index (χ4n) is 2.91. The largest absolute Gasteiger partial charge is 0.448 e. The van der Waals surface area contributed by atoms with E-state index in [2.05, 4.69) is 4.98 Å². The van der Waals surface area contributed by atoms with E-state index in [1.165, 1.54) is 6.26 Å². The summed E-state index contributed by atoms with van der Waals surface area (Å²) >= 11 is 0. The summed E-state index contributed by atoms with van der Waals surface area (Å²) in [6.07, 6.45) is 1.34. The van der Waals surface area contributed by atoms with Crippen LogP contribution in [0.3, 0.4) is 0 Å². The molecule has 1 fully saturated rings. The molecule has 0 unspecified atom stereocenters. The van der Waals surface area contributed by atoms with Crippen LogP contribution in [0.15, 0.2) is 41.0 Å². The highest BCUT2D eigenvalue weighted by Gasteiger charge is 2.34. The van der Waals surface area contributed by atoms with Crippen molar-refractivity contribution in [1.82, 2.24) is 14.8 Å². The zero-order chi connectivity index (χ0) is 17.1. The van der Waals surface area contributed by atoms with Crippen LogP contribution in [0.1, 0.15) is 21.9 Å². The first-order valence-electron chi connectivity index (χ1n) is 7.83. The molecule has 1 aromatic carbocycles. The molecule has 7 nitrogen and oxygen atoms in total. The molecule has 2 heterocycles. The van der Waals surface area contributed by atoms with Crippen molar-refractivity contribution in [3.8, 4) is 0 Å². The fraction of sp³-hybridized carbons (Fsp3) is 0.353. The van der Waals surface area contributed by atoms with Gasteiger partial charge in [0.25, 0.3) is 5.91 Å². The second kappa shape index (κ2) is 6.84. The zero-order valence-electron chi connectivity index (χ0n) is 13.5. The molecule has 3 rings (SSSR count). The Labute approximate surface area is 140 Å². The molecule has 126 valence electrons. The van der Waals surface area contributed by atoms with Gasteiger partial charge in [-0.05, 0) is 5.56 Å². The average Bonchev–Trinajstić information content (AvgIpc) is 3.02. The number of carbonyl (C=O) groups excluding carboxylic acids is 2. The summed E-state index contributed by atoms with van der Waals surface area (Å²) in [4.78, 5) is 32.0. The summed E-state index contributed by atoms with van der Waals surface area (Å²) in [7, 11) is 0. The van der Waals surface area contributed by atoms with Crippen molar-refractivity contribution in [2.24, 2.45) is 5.73 Å². The first-order valence-corrected chi connectivity index (χ1v) is 7.83. The van der Waals surface area contributed by atoms with Gasteiger partial charge in [0.15, 0.2) is 11.6 Å². The molecule has 1 aliphatic rings. The van der Waals surface area contributed by atoms with Crippen molar-refractivity contribution in [2.75, 3.05) is 19.6 Å². The van der Waals surface area contributed by atoms with Crippen LogP contribution in [0.4, 0.5) is 0 Å². The quantitative estimate of drug-likeness (QED) is 0.896. The number of aromatic nitrogens is 1. The van der Waals surface area contributed by atoms with E-state index in [1.807, 2.05) is 35.2 Å². The van der Waals surface area contributed by atoms with Crippen molar-refractivity contribution in [2.45, 2.75) is 19.5 Å². The molecule has 1 saturated heterocycles. The van der Waals surface area contributed by atoms with Crippen LogP contribution < -0.4 is 5.73 Å². The number of oxazole rings is 1. The number of hydrogen-bond donors (Lipinski definition) is 1. The van der Waals surface area contributed by atoms with E-state index >= 15 is 0 Å². The number of nitrogens with zero attached hydrogens (tertiary/aromatic N) is 3. The summed E-state index contributed by atoms with van der Waals surface area (Å²) in [6.45, 7) is 3.65. The summed E-state index contributed by atoms with van der Waals surface area (Å²) in [5, 5.41) is 0. The zero-order valence-corrected chi connectivity index (χ0v) is 13.5. The summed E-state index contributed by atoms with van der Waals surface area (Å²) in [5.41, 5.74) is 6.93.